The molecule has 0 aliphatic heterocycles. The zero-order valence-electron chi connectivity index (χ0n) is 13.8. The predicted molar refractivity (Wildman–Crippen MR) is 86.2 cm³/mol. The second-order valence-electron chi connectivity index (χ2n) is 6.70. The van der Waals surface area contributed by atoms with Gasteiger partial charge in [-0.2, -0.15) is 0 Å². The van der Waals surface area contributed by atoms with Crippen LogP contribution in [-0.2, 0) is 4.79 Å². The van der Waals surface area contributed by atoms with Crippen LogP contribution in [-0.4, -0.2) is 19.6 Å². The van der Waals surface area contributed by atoms with Gasteiger partial charge >= 0.3 is 0 Å². The molecule has 3 N–H and O–H groups in total. The molecular weight excluding hydrogens is 264 g/mol. The van der Waals surface area contributed by atoms with Crippen LogP contribution in [0.4, 0.5) is 0 Å². The van der Waals surface area contributed by atoms with Crippen molar-refractivity contribution in [3.63, 3.8) is 0 Å². The van der Waals surface area contributed by atoms with Crippen LogP contribution in [0, 0.1) is 11.3 Å². The van der Waals surface area contributed by atoms with Gasteiger partial charge in [0.1, 0.15) is 5.75 Å². The fourth-order valence-electron chi connectivity index (χ4n) is 2.33. The summed E-state index contributed by atoms with van der Waals surface area (Å²) >= 11 is 0. The van der Waals surface area contributed by atoms with Gasteiger partial charge in [0.25, 0.3) is 0 Å². The smallest absolute Gasteiger partial charge is 0.224 e. The lowest BCUT2D eigenvalue weighted by Gasteiger charge is -2.26. The van der Waals surface area contributed by atoms with Gasteiger partial charge in [0, 0.05) is 6.54 Å². The fraction of sp³-hybridized carbons (Fsp3) is 0.588. The van der Waals surface area contributed by atoms with E-state index in [0.29, 0.717) is 6.54 Å². The molecule has 4 heteroatoms. The first-order chi connectivity index (χ1) is 9.76. The fourth-order valence-corrected chi connectivity index (χ4v) is 2.33. The average Bonchev–Trinajstić information content (AvgIpc) is 2.43. The maximum absolute atomic E-state index is 12.3. The molecule has 0 fully saturated rings. The molecule has 1 rings (SSSR count). The van der Waals surface area contributed by atoms with Gasteiger partial charge < -0.3 is 15.8 Å². The Hall–Kier alpha value is -1.55. The van der Waals surface area contributed by atoms with Crippen molar-refractivity contribution in [3.05, 3.63) is 29.8 Å². The van der Waals surface area contributed by atoms with Crippen molar-refractivity contribution in [1.29, 1.82) is 0 Å². The van der Waals surface area contributed by atoms with Gasteiger partial charge in [-0.15, -0.1) is 0 Å². The topological polar surface area (TPSA) is 64.3 Å². The van der Waals surface area contributed by atoms with E-state index < -0.39 is 0 Å². The lowest BCUT2D eigenvalue weighted by Crippen LogP contribution is -2.38. The highest BCUT2D eigenvalue weighted by Crippen LogP contribution is 2.25. The number of hydrogen-bond acceptors (Lipinski definition) is 3. The van der Waals surface area contributed by atoms with Crippen molar-refractivity contribution in [3.8, 4) is 5.75 Å². The number of nitrogens with two attached hydrogens (primary N) is 1. The normalized spacial score (nSPS) is 14.4. The van der Waals surface area contributed by atoms with Crippen LogP contribution in [0.25, 0.3) is 0 Å². The van der Waals surface area contributed by atoms with Gasteiger partial charge in [0.05, 0.1) is 19.1 Å². The Kier molecular flexibility index (Phi) is 6.21. The number of carbonyl (C=O) groups excluding carboxylic acids is 1. The minimum atomic E-state index is -0.148. The first-order valence-corrected chi connectivity index (χ1v) is 7.41. The Morgan fingerprint density at radius 1 is 1.29 bits per heavy atom. The SMILES string of the molecule is COc1ccc([C@@H](C)NC(=O)C(CN)CC(C)(C)C)cc1. The lowest BCUT2D eigenvalue weighted by molar-refractivity contribution is -0.126. The van der Waals surface area contributed by atoms with Crippen molar-refractivity contribution in [1.82, 2.24) is 5.32 Å². The number of methoxy groups -OCH3 is 1. The third kappa shape index (κ3) is 5.76. The van der Waals surface area contributed by atoms with Crippen LogP contribution in [0.2, 0.25) is 0 Å². The molecule has 118 valence electrons. The Labute approximate surface area is 128 Å². The summed E-state index contributed by atoms with van der Waals surface area (Å²) in [6.07, 6.45) is 0.782. The zero-order valence-corrected chi connectivity index (χ0v) is 13.8. The van der Waals surface area contributed by atoms with E-state index in [1.54, 1.807) is 7.11 Å². The van der Waals surface area contributed by atoms with Crippen molar-refractivity contribution in [2.75, 3.05) is 13.7 Å². The molecule has 4 nitrogen and oxygen atoms in total. The van der Waals surface area contributed by atoms with Crippen LogP contribution >= 0.6 is 0 Å². The summed E-state index contributed by atoms with van der Waals surface area (Å²) in [7, 11) is 1.64. The van der Waals surface area contributed by atoms with Crippen LogP contribution < -0.4 is 15.8 Å². The molecule has 1 aromatic carbocycles. The molecule has 0 spiro atoms. The monoisotopic (exact) mass is 292 g/mol. The molecular formula is C17H28N2O2. The van der Waals surface area contributed by atoms with Gasteiger partial charge in [0.2, 0.25) is 5.91 Å². The maximum atomic E-state index is 12.3. The second-order valence-corrected chi connectivity index (χ2v) is 6.70. The van der Waals surface area contributed by atoms with Gasteiger partial charge in [-0.25, -0.2) is 0 Å². The van der Waals surface area contributed by atoms with Gasteiger partial charge in [-0.1, -0.05) is 32.9 Å². The molecule has 0 aliphatic carbocycles. The molecule has 1 aromatic rings. The number of amides is 1. The minimum absolute atomic E-state index is 0.0238. The summed E-state index contributed by atoms with van der Waals surface area (Å²) in [5.74, 6) is 0.686. The first kappa shape index (κ1) is 17.5. The summed E-state index contributed by atoms with van der Waals surface area (Å²) in [4.78, 5) is 12.3. The highest BCUT2D eigenvalue weighted by atomic mass is 16.5. The summed E-state index contributed by atoms with van der Waals surface area (Å²) in [6.45, 7) is 8.71. The molecule has 0 bridgehead atoms. The van der Waals surface area contributed by atoms with Crippen LogP contribution in [0.1, 0.15) is 45.7 Å². The molecule has 0 saturated heterocycles. The molecule has 0 saturated carbocycles. The number of ether oxygens (including phenoxy) is 1. The zero-order chi connectivity index (χ0) is 16.0. The predicted octanol–water partition coefficient (Wildman–Crippen LogP) is 2.88. The lowest BCUT2D eigenvalue weighted by atomic mass is 9.84. The maximum Gasteiger partial charge on any atom is 0.224 e. The van der Waals surface area contributed by atoms with E-state index in [9.17, 15) is 4.79 Å². The minimum Gasteiger partial charge on any atom is -0.497 e. The quantitative estimate of drug-likeness (QED) is 0.847. The number of rotatable bonds is 6. The molecule has 21 heavy (non-hydrogen) atoms. The standard InChI is InChI=1S/C17H28N2O2/c1-12(13-6-8-15(21-5)9-7-13)19-16(20)14(11-18)10-17(2,3)4/h6-9,12,14H,10-11,18H2,1-5H3,(H,19,20)/t12-,14?/m1/s1. The summed E-state index contributed by atoms with van der Waals surface area (Å²) in [6, 6.07) is 7.68. The average molecular weight is 292 g/mol. The molecule has 0 aromatic heterocycles. The van der Waals surface area contributed by atoms with E-state index in [-0.39, 0.29) is 23.3 Å². The van der Waals surface area contributed by atoms with Crippen molar-refractivity contribution in [2.45, 2.75) is 40.2 Å². The molecule has 2 atom stereocenters. The molecule has 0 radical (unpaired) electrons. The van der Waals surface area contributed by atoms with Crippen molar-refractivity contribution >= 4 is 5.91 Å². The van der Waals surface area contributed by atoms with Crippen LogP contribution in [0.5, 0.6) is 5.75 Å². The van der Waals surface area contributed by atoms with Gasteiger partial charge in [0.15, 0.2) is 0 Å². The Bertz CT molecular complexity index is 449. The van der Waals surface area contributed by atoms with E-state index in [4.69, 9.17) is 10.5 Å². The van der Waals surface area contributed by atoms with Crippen molar-refractivity contribution < 1.29 is 9.53 Å². The number of nitrogens with one attached hydrogen (secondary N) is 1. The summed E-state index contributed by atoms with van der Waals surface area (Å²) in [5.41, 5.74) is 6.90. The second kappa shape index (κ2) is 7.46. The van der Waals surface area contributed by atoms with Crippen LogP contribution in [0.3, 0.4) is 0 Å². The first-order valence-electron chi connectivity index (χ1n) is 7.41. The third-order valence-electron chi connectivity index (χ3n) is 3.49. The Balaban J connectivity index is 2.67. The molecule has 0 heterocycles. The molecule has 1 unspecified atom stereocenters. The largest absolute Gasteiger partial charge is 0.497 e. The number of carbonyl (C=O) groups is 1. The summed E-state index contributed by atoms with van der Waals surface area (Å²) < 4.78 is 5.14. The van der Waals surface area contributed by atoms with E-state index in [0.717, 1.165) is 17.7 Å². The van der Waals surface area contributed by atoms with E-state index in [1.165, 1.54) is 0 Å². The van der Waals surface area contributed by atoms with E-state index in [1.807, 2.05) is 31.2 Å². The van der Waals surface area contributed by atoms with Gasteiger partial charge in [-0.3, -0.25) is 4.79 Å². The number of benzene rings is 1. The summed E-state index contributed by atoms with van der Waals surface area (Å²) in [5, 5.41) is 3.05. The Morgan fingerprint density at radius 2 is 1.86 bits per heavy atom. The van der Waals surface area contributed by atoms with Gasteiger partial charge in [-0.05, 0) is 36.5 Å². The van der Waals surface area contributed by atoms with E-state index >= 15 is 0 Å². The van der Waals surface area contributed by atoms with E-state index in [2.05, 4.69) is 26.1 Å². The molecule has 0 aliphatic rings. The highest BCUT2D eigenvalue weighted by Gasteiger charge is 2.24. The highest BCUT2D eigenvalue weighted by molar-refractivity contribution is 5.79. The third-order valence-corrected chi connectivity index (χ3v) is 3.49. The van der Waals surface area contributed by atoms with Crippen molar-refractivity contribution in [2.24, 2.45) is 17.1 Å². The Morgan fingerprint density at radius 3 is 2.29 bits per heavy atom. The molecule has 1 amide bonds. The number of hydrogen-bond donors (Lipinski definition) is 2. The van der Waals surface area contributed by atoms with Crippen LogP contribution in [0.15, 0.2) is 24.3 Å².